The molecule has 0 aromatic heterocycles. The third-order valence-corrected chi connectivity index (χ3v) is 16.2. The van der Waals surface area contributed by atoms with Crippen LogP contribution >= 0.6 is 0 Å². The van der Waals surface area contributed by atoms with Crippen LogP contribution in [0, 0.1) is 65.1 Å². The lowest BCUT2D eigenvalue weighted by molar-refractivity contribution is -0.214. The molecule has 2 amide bonds. The molecule has 9 unspecified atom stereocenters. The van der Waals surface area contributed by atoms with Crippen LogP contribution in [0.1, 0.15) is 141 Å². The molecule has 0 aliphatic heterocycles. The summed E-state index contributed by atoms with van der Waals surface area (Å²) in [6, 6.07) is 10.8. The van der Waals surface area contributed by atoms with Gasteiger partial charge in [0, 0.05) is 18.7 Å². The number of nitrogens with one attached hydrogen (secondary N) is 2. The summed E-state index contributed by atoms with van der Waals surface area (Å²) in [6.07, 6.45) is 12.2. The molecule has 9 atom stereocenters. The van der Waals surface area contributed by atoms with E-state index in [1.807, 2.05) is 31.2 Å². The van der Waals surface area contributed by atoms with Crippen LogP contribution in [0.3, 0.4) is 0 Å². The molecule has 7 rings (SSSR count). The zero-order chi connectivity index (χ0) is 36.5. The molecule has 0 radical (unpaired) electrons. The molecule has 5 aliphatic rings. The molecule has 5 fully saturated rings. The lowest BCUT2D eigenvalue weighted by Crippen LogP contribution is -2.63. The third kappa shape index (κ3) is 5.66. The number of carbonyl (C=O) groups is 3. The van der Waals surface area contributed by atoms with Crippen molar-refractivity contribution in [2.75, 3.05) is 0 Å². The highest BCUT2D eigenvalue weighted by molar-refractivity contribution is 5.96. The Balaban J connectivity index is 1.03. The van der Waals surface area contributed by atoms with Crippen molar-refractivity contribution in [3.8, 4) is 0 Å². The van der Waals surface area contributed by atoms with E-state index in [0.29, 0.717) is 52.7 Å². The Hall–Kier alpha value is -3.19. The number of aliphatic hydroxyl groups excluding tert-OH is 1. The van der Waals surface area contributed by atoms with E-state index in [9.17, 15) is 24.6 Å². The van der Waals surface area contributed by atoms with E-state index in [1.54, 1.807) is 19.1 Å². The highest BCUT2D eigenvalue weighted by Gasteiger charge is 2.67. The van der Waals surface area contributed by atoms with Crippen molar-refractivity contribution in [2.45, 2.75) is 131 Å². The number of hydrogen-bond donors (Lipinski definition) is 4. The lowest BCUT2D eigenvalue weighted by Gasteiger charge is -2.69. The minimum atomic E-state index is -0.980. The predicted octanol–water partition coefficient (Wildman–Crippen LogP) is 8.37. The third-order valence-electron chi connectivity index (χ3n) is 16.2. The number of carboxylic acids is 1. The predicted molar refractivity (Wildman–Crippen MR) is 199 cm³/mol. The van der Waals surface area contributed by atoms with Gasteiger partial charge < -0.3 is 20.8 Å². The summed E-state index contributed by atoms with van der Waals surface area (Å²) in [6.45, 7) is 14.2. The fraction of sp³-hybridized carbons (Fsp3) is 0.659. The first-order chi connectivity index (χ1) is 24.1. The van der Waals surface area contributed by atoms with Crippen LogP contribution in [0.25, 0.3) is 0 Å². The summed E-state index contributed by atoms with van der Waals surface area (Å²) in [5, 5.41) is 26.9. The van der Waals surface area contributed by atoms with Gasteiger partial charge in [0.15, 0.2) is 0 Å². The second kappa shape index (κ2) is 13.0. The molecule has 276 valence electrons. The van der Waals surface area contributed by atoms with E-state index in [1.165, 1.54) is 25.7 Å². The summed E-state index contributed by atoms with van der Waals surface area (Å²) < 4.78 is 0. The zero-order valence-corrected chi connectivity index (χ0v) is 31.7. The Morgan fingerprint density at radius 2 is 1.35 bits per heavy atom. The summed E-state index contributed by atoms with van der Waals surface area (Å²) in [4.78, 5) is 39.3. The van der Waals surface area contributed by atoms with Crippen molar-refractivity contribution in [1.82, 2.24) is 10.6 Å². The lowest BCUT2D eigenvalue weighted by atomic mass is 9.36. The summed E-state index contributed by atoms with van der Waals surface area (Å²) in [5.41, 5.74) is 4.26. The SMILES string of the molecule is Cc1c(CNC(=O)c2cccc(CNC(=O)C34CCCC3C3CCC5C(C)(CCC6C(C)(C)C(O)CCC65C)C3CC4)c2C)cccc1C(=O)O. The van der Waals surface area contributed by atoms with E-state index >= 15 is 0 Å². The van der Waals surface area contributed by atoms with Gasteiger partial charge in [-0.25, -0.2) is 4.79 Å². The van der Waals surface area contributed by atoms with Crippen LogP contribution in [0.2, 0.25) is 0 Å². The minimum absolute atomic E-state index is 0.0344. The van der Waals surface area contributed by atoms with Crippen LogP contribution < -0.4 is 10.6 Å². The number of amides is 2. The maximum atomic E-state index is 14.4. The van der Waals surface area contributed by atoms with E-state index in [2.05, 4.69) is 38.3 Å². The van der Waals surface area contributed by atoms with Gasteiger partial charge in [-0.3, -0.25) is 9.59 Å². The van der Waals surface area contributed by atoms with Gasteiger partial charge in [0.25, 0.3) is 5.91 Å². The van der Waals surface area contributed by atoms with Crippen molar-refractivity contribution in [3.05, 3.63) is 69.8 Å². The zero-order valence-electron chi connectivity index (χ0n) is 31.7. The number of carbonyl (C=O) groups excluding carboxylic acids is 2. The number of benzene rings is 2. The second-order valence-corrected chi connectivity index (χ2v) is 18.4. The summed E-state index contributed by atoms with van der Waals surface area (Å²) in [5.74, 6) is 1.97. The quantitative estimate of drug-likeness (QED) is 0.232. The summed E-state index contributed by atoms with van der Waals surface area (Å²) >= 11 is 0. The maximum Gasteiger partial charge on any atom is 0.335 e. The van der Waals surface area contributed by atoms with Gasteiger partial charge in [-0.05, 0) is 158 Å². The second-order valence-electron chi connectivity index (χ2n) is 18.4. The van der Waals surface area contributed by atoms with E-state index in [0.717, 1.165) is 61.6 Å². The Labute approximate surface area is 304 Å². The Kier molecular flexibility index (Phi) is 9.25. The van der Waals surface area contributed by atoms with Gasteiger partial charge in [0.2, 0.25) is 5.91 Å². The van der Waals surface area contributed by atoms with Crippen LogP contribution in [-0.2, 0) is 17.9 Å². The molecule has 7 nitrogen and oxygen atoms in total. The van der Waals surface area contributed by atoms with Gasteiger partial charge in [0.1, 0.15) is 0 Å². The van der Waals surface area contributed by atoms with Gasteiger partial charge in [0.05, 0.1) is 17.1 Å². The molecule has 4 N–H and O–H groups in total. The average molecular weight is 697 g/mol. The number of fused-ring (bicyclic) bond motifs is 7. The molecule has 7 heteroatoms. The van der Waals surface area contributed by atoms with Gasteiger partial charge in [-0.1, -0.05) is 58.4 Å². The first-order valence-electron chi connectivity index (χ1n) is 19.8. The fourth-order valence-corrected chi connectivity index (χ4v) is 13.4. The molecule has 0 saturated heterocycles. The number of hydrogen-bond acceptors (Lipinski definition) is 4. The number of aromatic carboxylic acids is 1. The molecule has 51 heavy (non-hydrogen) atoms. The smallest absolute Gasteiger partial charge is 0.335 e. The van der Waals surface area contributed by atoms with Crippen molar-refractivity contribution in [3.63, 3.8) is 0 Å². The molecule has 2 aromatic carbocycles. The number of rotatable bonds is 7. The Morgan fingerprint density at radius 3 is 2.06 bits per heavy atom. The standard InChI is InChI=1S/C44H60N2O5/c1-26-29(10-7-12-30(26)38(48)45-24-28-11-8-13-31(27(28)2)39(49)50)25-46-40(51)44-20-9-14-34(44)32-15-16-36-42(5,33(32)17-23-44)21-18-35-41(3,4)37(47)19-22-43(35,36)6/h7-8,10-13,32-37,47H,9,14-25H2,1-6H3,(H,45,48)(H,46,51)(H,49,50). The summed E-state index contributed by atoms with van der Waals surface area (Å²) in [7, 11) is 0. The van der Waals surface area contributed by atoms with Crippen LogP contribution in [-0.4, -0.2) is 34.1 Å². The molecule has 0 spiro atoms. The van der Waals surface area contributed by atoms with Crippen LogP contribution in [0.5, 0.6) is 0 Å². The van der Waals surface area contributed by atoms with Crippen LogP contribution in [0.15, 0.2) is 36.4 Å². The molecular weight excluding hydrogens is 636 g/mol. The first-order valence-corrected chi connectivity index (χ1v) is 19.8. The van der Waals surface area contributed by atoms with Crippen molar-refractivity contribution in [2.24, 2.45) is 51.2 Å². The number of carboxylic acid groups (broad SMARTS) is 1. The number of aliphatic hydroxyl groups is 1. The van der Waals surface area contributed by atoms with Crippen molar-refractivity contribution >= 4 is 17.8 Å². The molecule has 5 aliphatic carbocycles. The van der Waals surface area contributed by atoms with Crippen molar-refractivity contribution in [1.29, 1.82) is 0 Å². The average Bonchev–Trinajstić information content (AvgIpc) is 3.55. The largest absolute Gasteiger partial charge is 0.478 e. The fourth-order valence-electron chi connectivity index (χ4n) is 13.4. The van der Waals surface area contributed by atoms with E-state index < -0.39 is 5.97 Å². The first kappa shape index (κ1) is 36.2. The highest BCUT2D eigenvalue weighted by Crippen LogP contribution is 2.73. The van der Waals surface area contributed by atoms with E-state index in [4.69, 9.17) is 0 Å². The van der Waals surface area contributed by atoms with Crippen LogP contribution in [0.4, 0.5) is 0 Å². The Bertz CT molecular complexity index is 1720. The van der Waals surface area contributed by atoms with Gasteiger partial charge in [-0.2, -0.15) is 0 Å². The van der Waals surface area contributed by atoms with Gasteiger partial charge >= 0.3 is 5.97 Å². The molecule has 0 heterocycles. The minimum Gasteiger partial charge on any atom is -0.478 e. The van der Waals surface area contributed by atoms with Gasteiger partial charge in [-0.15, -0.1) is 0 Å². The normalized spacial score (nSPS) is 36.5. The van der Waals surface area contributed by atoms with Crippen molar-refractivity contribution < 1.29 is 24.6 Å². The molecule has 0 bridgehead atoms. The Morgan fingerprint density at radius 1 is 0.706 bits per heavy atom. The molecular formula is C44H60N2O5. The highest BCUT2D eigenvalue weighted by atomic mass is 16.4. The maximum absolute atomic E-state index is 14.4. The van der Waals surface area contributed by atoms with E-state index in [-0.39, 0.29) is 46.3 Å². The monoisotopic (exact) mass is 696 g/mol. The molecule has 2 aromatic rings. The topological polar surface area (TPSA) is 116 Å². The molecule has 5 saturated carbocycles.